The number of carbonyl (C=O) groups excluding carboxylic acids is 2. The molecule has 5 nitrogen and oxygen atoms in total. The van der Waals surface area contributed by atoms with E-state index in [0.29, 0.717) is 11.3 Å². The van der Waals surface area contributed by atoms with Crippen molar-refractivity contribution in [2.75, 3.05) is 19.0 Å². The molecular formula is C17H15F3N2O3. The van der Waals surface area contributed by atoms with Crippen LogP contribution in [-0.2, 0) is 11.0 Å². The lowest BCUT2D eigenvalue weighted by molar-refractivity contribution is -0.137. The van der Waals surface area contributed by atoms with E-state index in [-0.39, 0.29) is 18.2 Å². The first-order valence-corrected chi connectivity index (χ1v) is 7.21. The van der Waals surface area contributed by atoms with Crippen LogP contribution in [0.3, 0.4) is 0 Å². The Balaban J connectivity index is 1.92. The van der Waals surface area contributed by atoms with E-state index in [1.165, 1.54) is 43.4 Å². The molecule has 0 atom stereocenters. The van der Waals surface area contributed by atoms with Crippen molar-refractivity contribution in [3.8, 4) is 5.75 Å². The molecule has 0 saturated carbocycles. The minimum atomic E-state index is -4.48. The lowest BCUT2D eigenvalue weighted by Crippen LogP contribution is -2.20. The smallest absolute Gasteiger partial charge is 0.416 e. The van der Waals surface area contributed by atoms with E-state index in [9.17, 15) is 22.8 Å². The van der Waals surface area contributed by atoms with Crippen LogP contribution in [0, 0.1) is 0 Å². The van der Waals surface area contributed by atoms with Gasteiger partial charge in [0.15, 0.2) is 6.61 Å². The Morgan fingerprint density at radius 3 is 2.36 bits per heavy atom. The van der Waals surface area contributed by atoms with Crippen LogP contribution in [0.4, 0.5) is 18.9 Å². The van der Waals surface area contributed by atoms with Crippen LogP contribution in [0.25, 0.3) is 0 Å². The molecule has 0 radical (unpaired) electrons. The van der Waals surface area contributed by atoms with Crippen LogP contribution in [0.1, 0.15) is 15.9 Å². The highest BCUT2D eigenvalue weighted by Gasteiger charge is 2.30. The molecule has 8 heteroatoms. The molecule has 2 amide bonds. The van der Waals surface area contributed by atoms with Gasteiger partial charge < -0.3 is 15.4 Å². The Morgan fingerprint density at radius 2 is 1.76 bits per heavy atom. The number of hydrogen-bond acceptors (Lipinski definition) is 3. The number of alkyl halides is 3. The fourth-order valence-electron chi connectivity index (χ4n) is 1.97. The number of anilines is 1. The molecule has 0 aliphatic heterocycles. The van der Waals surface area contributed by atoms with Gasteiger partial charge in [0.1, 0.15) is 5.75 Å². The quantitative estimate of drug-likeness (QED) is 0.869. The van der Waals surface area contributed by atoms with E-state index in [4.69, 9.17) is 4.74 Å². The van der Waals surface area contributed by atoms with Crippen molar-refractivity contribution < 1.29 is 27.5 Å². The normalized spacial score (nSPS) is 10.9. The molecule has 2 rings (SSSR count). The van der Waals surface area contributed by atoms with Gasteiger partial charge in [-0.15, -0.1) is 0 Å². The molecular weight excluding hydrogens is 337 g/mol. The molecule has 0 saturated heterocycles. The highest BCUT2D eigenvalue weighted by molar-refractivity contribution is 5.94. The largest absolute Gasteiger partial charge is 0.484 e. The third-order valence-corrected chi connectivity index (χ3v) is 3.19. The van der Waals surface area contributed by atoms with Gasteiger partial charge in [0.2, 0.25) is 0 Å². The average molecular weight is 352 g/mol. The van der Waals surface area contributed by atoms with Crippen LogP contribution in [0.5, 0.6) is 5.75 Å². The van der Waals surface area contributed by atoms with Crippen molar-refractivity contribution >= 4 is 17.5 Å². The lowest BCUT2D eigenvalue weighted by Gasteiger charge is -2.10. The molecule has 0 unspecified atom stereocenters. The summed E-state index contributed by atoms with van der Waals surface area (Å²) in [7, 11) is 1.50. The van der Waals surface area contributed by atoms with Crippen LogP contribution in [-0.4, -0.2) is 25.5 Å². The minimum absolute atomic E-state index is 0.0263. The Hall–Kier alpha value is -3.03. The zero-order chi connectivity index (χ0) is 18.4. The second-order valence-corrected chi connectivity index (χ2v) is 5.02. The van der Waals surface area contributed by atoms with Gasteiger partial charge in [-0.25, -0.2) is 0 Å². The molecule has 2 N–H and O–H groups in total. The zero-order valence-corrected chi connectivity index (χ0v) is 13.2. The summed E-state index contributed by atoms with van der Waals surface area (Å²) in [6.07, 6.45) is -4.48. The lowest BCUT2D eigenvalue weighted by atomic mass is 10.2. The average Bonchev–Trinajstić information content (AvgIpc) is 2.59. The first-order valence-electron chi connectivity index (χ1n) is 7.21. The molecule has 132 valence electrons. The van der Waals surface area contributed by atoms with Gasteiger partial charge in [0, 0.05) is 18.3 Å². The summed E-state index contributed by atoms with van der Waals surface area (Å²) in [5.74, 6) is -0.504. The molecule has 0 heterocycles. The van der Waals surface area contributed by atoms with Crippen molar-refractivity contribution in [2.45, 2.75) is 6.18 Å². The summed E-state index contributed by atoms with van der Waals surface area (Å²) >= 11 is 0. The standard InChI is InChI=1S/C17H15F3N2O3/c1-21-16(24)11-5-7-14(8-6-11)25-10-15(23)22-13-4-2-3-12(9-13)17(18,19)20/h2-9H,10H2,1H3,(H,21,24)(H,22,23). The van der Waals surface area contributed by atoms with Crippen LogP contribution >= 0.6 is 0 Å². The minimum Gasteiger partial charge on any atom is -0.484 e. The van der Waals surface area contributed by atoms with Gasteiger partial charge >= 0.3 is 6.18 Å². The van der Waals surface area contributed by atoms with Crippen molar-refractivity contribution in [3.63, 3.8) is 0 Å². The maximum atomic E-state index is 12.6. The molecule has 2 aromatic carbocycles. The van der Waals surface area contributed by atoms with Gasteiger partial charge in [0.25, 0.3) is 11.8 Å². The highest BCUT2D eigenvalue weighted by Crippen LogP contribution is 2.30. The van der Waals surface area contributed by atoms with E-state index >= 15 is 0 Å². The summed E-state index contributed by atoms with van der Waals surface area (Å²) in [6, 6.07) is 10.4. The van der Waals surface area contributed by atoms with Gasteiger partial charge in [-0.3, -0.25) is 9.59 Å². The number of nitrogens with one attached hydrogen (secondary N) is 2. The van der Waals surface area contributed by atoms with E-state index in [1.807, 2.05) is 0 Å². The molecule has 0 spiro atoms. The predicted molar refractivity (Wildman–Crippen MR) is 85.4 cm³/mol. The SMILES string of the molecule is CNC(=O)c1ccc(OCC(=O)Nc2cccc(C(F)(F)F)c2)cc1. The number of hydrogen-bond donors (Lipinski definition) is 2. The molecule has 2 aromatic rings. The third-order valence-electron chi connectivity index (χ3n) is 3.19. The summed E-state index contributed by atoms with van der Waals surface area (Å²) in [4.78, 5) is 23.2. The molecule has 0 aromatic heterocycles. The first-order chi connectivity index (χ1) is 11.8. The Labute approximate surface area is 141 Å². The Morgan fingerprint density at radius 1 is 1.08 bits per heavy atom. The van der Waals surface area contributed by atoms with Crippen molar-refractivity contribution in [2.24, 2.45) is 0 Å². The van der Waals surface area contributed by atoms with Crippen LogP contribution in [0.2, 0.25) is 0 Å². The number of rotatable bonds is 5. The van der Waals surface area contributed by atoms with Gasteiger partial charge in [-0.05, 0) is 42.5 Å². The maximum absolute atomic E-state index is 12.6. The van der Waals surface area contributed by atoms with E-state index < -0.39 is 17.6 Å². The van der Waals surface area contributed by atoms with Gasteiger partial charge in [-0.2, -0.15) is 13.2 Å². The second kappa shape index (κ2) is 7.69. The Kier molecular flexibility index (Phi) is 5.63. The molecule has 0 aliphatic rings. The molecule has 0 fully saturated rings. The zero-order valence-electron chi connectivity index (χ0n) is 13.2. The topological polar surface area (TPSA) is 67.4 Å². The number of ether oxygens (including phenoxy) is 1. The first kappa shape index (κ1) is 18.3. The van der Waals surface area contributed by atoms with Crippen LogP contribution < -0.4 is 15.4 Å². The monoisotopic (exact) mass is 352 g/mol. The summed E-state index contributed by atoms with van der Waals surface area (Å²) in [5, 5.41) is 4.80. The van der Waals surface area contributed by atoms with E-state index in [0.717, 1.165) is 12.1 Å². The molecule has 25 heavy (non-hydrogen) atoms. The molecule has 0 aliphatic carbocycles. The number of halogens is 3. The van der Waals surface area contributed by atoms with Crippen LogP contribution in [0.15, 0.2) is 48.5 Å². The summed E-state index contributed by atoms with van der Waals surface area (Å²) in [6.45, 7) is -0.379. The van der Waals surface area contributed by atoms with Crippen molar-refractivity contribution in [1.29, 1.82) is 0 Å². The maximum Gasteiger partial charge on any atom is 0.416 e. The number of carbonyl (C=O) groups is 2. The highest BCUT2D eigenvalue weighted by atomic mass is 19.4. The Bertz CT molecular complexity index is 758. The van der Waals surface area contributed by atoms with E-state index in [1.54, 1.807) is 0 Å². The van der Waals surface area contributed by atoms with Gasteiger partial charge in [0.05, 0.1) is 5.56 Å². The van der Waals surface area contributed by atoms with E-state index in [2.05, 4.69) is 10.6 Å². The van der Waals surface area contributed by atoms with Crippen molar-refractivity contribution in [3.05, 3.63) is 59.7 Å². The fraction of sp³-hybridized carbons (Fsp3) is 0.176. The number of benzene rings is 2. The third kappa shape index (κ3) is 5.23. The molecule has 0 bridgehead atoms. The fourth-order valence-corrected chi connectivity index (χ4v) is 1.97. The second-order valence-electron chi connectivity index (χ2n) is 5.02. The summed E-state index contributed by atoms with van der Waals surface area (Å²) < 4.78 is 43.1. The number of amides is 2. The predicted octanol–water partition coefficient (Wildman–Crippen LogP) is 3.08. The van der Waals surface area contributed by atoms with Crippen molar-refractivity contribution in [1.82, 2.24) is 5.32 Å². The van der Waals surface area contributed by atoms with Gasteiger partial charge in [-0.1, -0.05) is 6.07 Å². The summed E-state index contributed by atoms with van der Waals surface area (Å²) in [5.41, 5.74) is -0.391.